The number of carbonyl (C=O) groups is 1. The van der Waals surface area contributed by atoms with E-state index in [9.17, 15) is 9.59 Å². The van der Waals surface area contributed by atoms with Gasteiger partial charge in [0.2, 0.25) is 0 Å². The van der Waals surface area contributed by atoms with Crippen LogP contribution in [-0.2, 0) is 0 Å². The molecule has 0 radical (unpaired) electrons. The molecule has 0 saturated carbocycles. The van der Waals surface area contributed by atoms with Crippen molar-refractivity contribution in [1.82, 2.24) is 15.6 Å². The smallest absolute Gasteiger partial charge is 0.292 e. The normalized spacial score (nSPS) is 11.0. The van der Waals surface area contributed by atoms with Crippen LogP contribution in [0, 0.1) is 0 Å². The minimum Gasteiger partial charge on any atom is -0.496 e. The molecule has 3 aromatic rings. The summed E-state index contributed by atoms with van der Waals surface area (Å²) in [5.41, 5.74) is 2.84. The highest BCUT2D eigenvalue weighted by Crippen LogP contribution is 2.21. The number of aromatic amines is 1. The monoisotopic (exact) mass is 400 g/mol. The van der Waals surface area contributed by atoms with Crippen LogP contribution in [0.1, 0.15) is 16.1 Å². The molecule has 0 atom stereocenters. The second kappa shape index (κ2) is 7.27. The number of hydrazone groups is 1. The number of ether oxygens (including phenoxy) is 1. The van der Waals surface area contributed by atoms with E-state index in [1.165, 1.54) is 6.21 Å². The molecule has 0 unspecified atom stereocenters. The number of hydrogen-bond acceptors (Lipinski definition) is 5. The van der Waals surface area contributed by atoms with Crippen LogP contribution in [0.5, 0.6) is 5.75 Å². The van der Waals surface area contributed by atoms with E-state index in [1.54, 1.807) is 37.4 Å². The quantitative estimate of drug-likeness (QED) is 0.519. The fourth-order valence-corrected chi connectivity index (χ4v) is 2.69. The third-order valence-corrected chi connectivity index (χ3v) is 3.97. The third-order valence-electron chi connectivity index (χ3n) is 3.47. The molecule has 0 fully saturated rings. The highest BCUT2D eigenvalue weighted by Gasteiger charge is 2.13. The average Bonchev–Trinajstić information content (AvgIpc) is 2.62. The van der Waals surface area contributed by atoms with Gasteiger partial charge in [-0.3, -0.25) is 9.59 Å². The highest BCUT2D eigenvalue weighted by molar-refractivity contribution is 9.10. The molecule has 2 N–H and O–H groups in total. The van der Waals surface area contributed by atoms with Crippen LogP contribution in [0.25, 0.3) is 10.8 Å². The number of H-pyrrole nitrogens is 1. The lowest BCUT2D eigenvalue weighted by atomic mass is 10.1. The summed E-state index contributed by atoms with van der Waals surface area (Å²) in [7, 11) is 1.55. The predicted molar refractivity (Wildman–Crippen MR) is 98.1 cm³/mol. The maximum absolute atomic E-state index is 12.3. The van der Waals surface area contributed by atoms with Crippen LogP contribution < -0.4 is 15.7 Å². The molecule has 0 spiro atoms. The van der Waals surface area contributed by atoms with Crippen molar-refractivity contribution in [1.29, 1.82) is 0 Å². The van der Waals surface area contributed by atoms with E-state index in [1.807, 2.05) is 12.1 Å². The molecule has 3 rings (SSSR count). The Morgan fingerprint density at radius 2 is 2.04 bits per heavy atom. The predicted octanol–water partition coefficient (Wildman–Crippen LogP) is 2.46. The highest BCUT2D eigenvalue weighted by atomic mass is 79.9. The summed E-state index contributed by atoms with van der Waals surface area (Å²) in [6.07, 6.45) is 1.47. The Hall–Kier alpha value is -3.00. The van der Waals surface area contributed by atoms with E-state index in [0.717, 1.165) is 4.47 Å². The molecule has 0 aliphatic rings. The Balaban J connectivity index is 1.86. The number of amides is 1. The van der Waals surface area contributed by atoms with E-state index in [2.05, 4.69) is 36.7 Å². The summed E-state index contributed by atoms with van der Waals surface area (Å²) < 4.78 is 6.09. The van der Waals surface area contributed by atoms with Crippen LogP contribution in [0.4, 0.5) is 0 Å². The average molecular weight is 401 g/mol. The van der Waals surface area contributed by atoms with Gasteiger partial charge in [-0.05, 0) is 24.3 Å². The SMILES string of the molecule is COc1ccc(Br)cc1/C=N\NC(=O)c1n[nH]c(=O)c2ccccc12. The first-order valence-corrected chi connectivity index (χ1v) is 8.04. The molecule has 2 aromatic carbocycles. The van der Waals surface area contributed by atoms with Crippen molar-refractivity contribution in [2.45, 2.75) is 0 Å². The largest absolute Gasteiger partial charge is 0.496 e. The molecule has 126 valence electrons. The van der Waals surface area contributed by atoms with Crippen molar-refractivity contribution >= 4 is 38.8 Å². The molecule has 1 aromatic heterocycles. The van der Waals surface area contributed by atoms with Crippen LogP contribution in [0.15, 0.2) is 56.8 Å². The van der Waals surface area contributed by atoms with Gasteiger partial charge in [-0.2, -0.15) is 10.2 Å². The molecule has 8 heteroatoms. The number of aromatic nitrogens is 2. The number of benzene rings is 2. The topological polar surface area (TPSA) is 96.4 Å². The van der Waals surface area contributed by atoms with Crippen molar-refractivity contribution in [3.8, 4) is 5.75 Å². The summed E-state index contributed by atoms with van der Waals surface area (Å²) >= 11 is 3.37. The number of carbonyl (C=O) groups excluding carboxylic acids is 1. The van der Waals surface area contributed by atoms with Crippen LogP contribution in [-0.4, -0.2) is 29.4 Å². The number of halogens is 1. The van der Waals surface area contributed by atoms with Gasteiger partial charge in [0.25, 0.3) is 11.5 Å². The first kappa shape index (κ1) is 16.8. The molecule has 1 heterocycles. The Labute approximate surface area is 150 Å². The molecule has 0 saturated heterocycles. The maximum Gasteiger partial charge on any atom is 0.292 e. The number of nitrogens with one attached hydrogen (secondary N) is 2. The standard InChI is InChI=1S/C17H13BrN4O3/c1-25-14-7-6-11(18)8-10(14)9-19-21-17(24)15-12-4-2-3-5-13(12)16(23)22-20-15/h2-9H,1H3,(H,21,24)(H,22,23)/b19-9-. The fourth-order valence-electron chi connectivity index (χ4n) is 2.31. The Morgan fingerprint density at radius 1 is 1.28 bits per heavy atom. The molecule has 0 bridgehead atoms. The number of hydrogen-bond donors (Lipinski definition) is 2. The van der Waals surface area contributed by atoms with Gasteiger partial charge in [0.1, 0.15) is 5.75 Å². The van der Waals surface area contributed by atoms with E-state index < -0.39 is 5.91 Å². The molecule has 25 heavy (non-hydrogen) atoms. The summed E-state index contributed by atoms with van der Waals surface area (Å²) in [6, 6.07) is 12.2. The van der Waals surface area contributed by atoms with Crippen LogP contribution in [0.3, 0.4) is 0 Å². The fraction of sp³-hybridized carbons (Fsp3) is 0.0588. The number of nitrogens with zero attached hydrogens (tertiary/aromatic N) is 2. The zero-order valence-corrected chi connectivity index (χ0v) is 14.7. The lowest BCUT2D eigenvalue weighted by Gasteiger charge is -2.05. The Kier molecular flexibility index (Phi) is 4.90. The summed E-state index contributed by atoms with van der Waals surface area (Å²) in [6.45, 7) is 0. The van der Waals surface area contributed by atoms with Gasteiger partial charge in [-0.25, -0.2) is 10.5 Å². The first-order valence-electron chi connectivity index (χ1n) is 7.24. The lowest BCUT2D eigenvalue weighted by Crippen LogP contribution is -2.22. The van der Waals surface area contributed by atoms with Crippen LogP contribution >= 0.6 is 15.9 Å². The van der Waals surface area contributed by atoms with Crippen molar-refractivity contribution < 1.29 is 9.53 Å². The van der Waals surface area contributed by atoms with E-state index in [-0.39, 0.29) is 11.3 Å². The minimum absolute atomic E-state index is 0.0913. The zero-order valence-electron chi connectivity index (χ0n) is 13.1. The summed E-state index contributed by atoms with van der Waals surface area (Å²) in [5.74, 6) is 0.0893. The van der Waals surface area contributed by atoms with Gasteiger partial charge >= 0.3 is 0 Å². The zero-order chi connectivity index (χ0) is 17.8. The van der Waals surface area contributed by atoms with Gasteiger partial charge in [-0.15, -0.1) is 0 Å². The number of methoxy groups -OCH3 is 1. The lowest BCUT2D eigenvalue weighted by molar-refractivity contribution is 0.0951. The summed E-state index contributed by atoms with van der Waals surface area (Å²) in [5, 5.41) is 10.9. The Bertz CT molecular complexity index is 1030. The molecule has 7 nitrogen and oxygen atoms in total. The third kappa shape index (κ3) is 3.58. The number of rotatable bonds is 4. The van der Waals surface area contributed by atoms with E-state index >= 15 is 0 Å². The van der Waals surface area contributed by atoms with Gasteiger partial charge < -0.3 is 4.74 Å². The van der Waals surface area contributed by atoms with Crippen molar-refractivity contribution in [2.24, 2.45) is 5.10 Å². The van der Waals surface area contributed by atoms with Gasteiger partial charge in [0.15, 0.2) is 5.69 Å². The molecular weight excluding hydrogens is 388 g/mol. The van der Waals surface area contributed by atoms with Gasteiger partial charge in [0.05, 0.1) is 18.7 Å². The van der Waals surface area contributed by atoms with Gasteiger partial charge in [-0.1, -0.05) is 34.1 Å². The van der Waals surface area contributed by atoms with Crippen molar-refractivity contribution in [3.63, 3.8) is 0 Å². The van der Waals surface area contributed by atoms with Crippen LogP contribution in [0.2, 0.25) is 0 Å². The Morgan fingerprint density at radius 3 is 2.80 bits per heavy atom. The minimum atomic E-state index is -0.530. The molecule has 0 aliphatic heterocycles. The van der Waals surface area contributed by atoms with E-state index in [4.69, 9.17) is 4.74 Å². The second-order valence-corrected chi connectivity index (χ2v) is 5.95. The molecule has 0 aliphatic carbocycles. The maximum atomic E-state index is 12.3. The second-order valence-electron chi connectivity index (χ2n) is 5.03. The molecular formula is C17H13BrN4O3. The summed E-state index contributed by atoms with van der Waals surface area (Å²) in [4.78, 5) is 24.1. The van der Waals surface area contributed by atoms with Crippen molar-refractivity contribution in [2.75, 3.05) is 7.11 Å². The first-order chi connectivity index (χ1) is 12.1. The van der Waals surface area contributed by atoms with Gasteiger partial charge in [0, 0.05) is 15.4 Å². The number of fused-ring (bicyclic) bond motifs is 1. The molecule has 1 amide bonds. The van der Waals surface area contributed by atoms with Crippen molar-refractivity contribution in [3.05, 3.63) is 68.5 Å². The van der Waals surface area contributed by atoms with E-state index in [0.29, 0.717) is 22.1 Å².